The molecule has 4 aromatic rings. The molecule has 1 aliphatic carbocycles. The Morgan fingerprint density at radius 2 is 1.65 bits per heavy atom. The molecule has 1 saturated carbocycles. The molecule has 1 aromatic carbocycles. The molecule has 0 bridgehead atoms. The normalized spacial score (nSPS) is 16.9. The molecule has 3 aromatic heterocycles. The van der Waals surface area contributed by atoms with E-state index >= 15 is 0 Å². The van der Waals surface area contributed by atoms with Crippen LogP contribution in [0, 0.1) is 5.92 Å². The zero-order chi connectivity index (χ0) is 25.5. The molecule has 0 radical (unpaired) electrons. The molecule has 9 nitrogen and oxygen atoms in total. The first-order valence-corrected chi connectivity index (χ1v) is 13.1. The second-order valence-electron chi connectivity index (χ2n) is 9.19. The van der Waals surface area contributed by atoms with Crippen molar-refractivity contribution in [2.75, 3.05) is 10.6 Å². The Morgan fingerprint density at radius 1 is 0.811 bits per heavy atom. The number of benzene rings is 1. The van der Waals surface area contributed by atoms with Gasteiger partial charge in [-0.1, -0.05) is 47.7 Å². The zero-order valence-corrected chi connectivity index (χ0v) is 21.0. The first kappa shape index (κ1) is 24.6. The van der Waals surface area contributed by atoms with Gasteiger partial charge >= 0.3 is 0 Å². The van der Waals surface area contributed by atoms with Gasteiger partial charge in [0.25, 0.3) is 0 Å². The third kappa shape index (κ3) is 7.01. The number of anilines is 2. The molecule has 1 fully saturated rings. The number of nitrogens with zero attached hydrogens (tertiary/aromatic N) is 5. The molecule has 188 valence electrons. The number of nitrogens with one attached hydrogen (secondary N) is 2. The summed E-state index contributed by atoms with van der Waals surface area (Å²) in [6.07, 6.45) is 6.10. The number of hydrogen-bond donors (Lipinski definition) is 2. The van der Waals surface area contributed by atoms with Gasteiger partial charge < -0.3 is 10.6 Å². The summed E-state index contributed by atoms with van der Waals surface area (Å²) in [5, 5.41) is 24.2. The SMILES string of the molecule is O=C(Cc1ccccc1)Nc1ccc(CC2CC[C@H](c3nnc(NC(=O)Cc4ccccn4)s3)C2)nn1. The largest absolute Gasteiger partial charge is 0.309 e. The molecule has 1 unspecified atom stereocenters. The standard InChI is InChI=1S/C27H27N7O2S/c35-24(16-18-6-2-1-3-7-18)29-23-12-11-22(31-32-23)15-19-9-10-20(14-19)26-33-34-27(37-26)30-25(36)17-21-8-4-5-13-28-21/h1-8,11-13,19-20H,9-10,14-17H2,(H,29,32,35)(H,30,34,36)/t19?,20-/m0/s1. The molecule has 2 N–H and O–H groups in total. The van der Waals surface area contributed by atoms with Crippen LogP contribution in [0.25, 0.3) is 0 Å². The van der Waals surface area contributed by atoms with E-state index in [-0.39, 0.29) is 18.2 Å². The van der Waals surface area contributed by atoms with Gasteiger partial charge in [0.1, 0.15) is 5.01 Å². The van der Waals surface area contributed by atoms with Crippen LogP contribution in [0.4, 0.5) is 10.9 Å². The number of carbonyl (C=O) groups is 2. The van der Waals surface area contributed by atoms with Gasteiger partial charge in [-0.15, -0.1) is 15.3 Å². The summed E-state index contributed by atoms with van der Waals surface area (Å²) in [6.45, 7) is 0. The molecule has 0 spiro atoms. The molecule has 3 heterocycles. The van der Waals surface area contributed by atoms with Crippen LogP contribution in [0.3, 0.4) is 0 Å². The Labute approximate surface area is 218 Å². The molecular formula is C27H27N7O2S. The van der Waals surface area contributed by atoms with E-state index < -0.39 is 0 Å². The van der Waals surface area contributed by atoms with Gasteiger partial charge in [-0.25, -0.2) is 0 Å². The summed E-state index contributed by atoms with van der Waals surface area (Å²) in [5.41, 5.74) is 2.58. The van der Waals surface area contributed by atoms with E-state index in [1.807, 2.05) is 60.7 Å². The number of rotatable bonds is 9. The first-order valence-electron chi connectivity index (χ1n) is 12.3. The Bertz CT molecular complexity index is 1330. The highest BCUT2D eigenvalue weighted by molar-refractivity contribution is 7.15. The van der Waals surface area contributed by atoms with Crippen LogP contribution in [0.5, 0.6) is 0 Å². The molecular weight excluding hydrogens is 486 g/mol. The number of amides is 2. The highest BCUT2D eigenvalue weighted by Gasteiger charge is 2.29. The second kappa shape index (κ2) is 11.8. The van der Waals surface area contributed by atoms with Gasteiger partial charge in [-0.2, -0.15) is 5.10 Å². The number of aromatic nitrogens is 5. The fourth-order valence-corrected chi connectivity index (χ4v) is 5.47. The lowest BCUT2D eigenvalue weighted by molar-refractivity contribution is -0.116. The van der Waals surface area contributed by atoms with Crippen molar-refractivity contribution < 1.29 is 9.59 Å². The summed E-state index contributed by atoms with van der Waals surface area (Å²) >= 11 is 1.44. The number of carbonyl (C=O) groups excluding carboxylic acids is 2. The molecule has 0 saturated heterocycles. The topological polar surface area (TPSA) is 123 Å². The van der Waals surface area contributed by atoms with Crippen LogP contribution in [-0.4, -0.2) is 37.2 Å². The van der Waals surface area contributed by atoms with Crippen LogP contribution in [0.2, 0.25) is 0 Å². The van der Waals surface area contributed by atoms with Crippen molar-refractivity contribution in [1.29, 1.82) is 0 Å². The molecule has 37 heavy (non-hydrogen) atoms. The predicted octanol–water partition coefficient (Wildman–Crippen LogP) is 4.21. The van der Waals surface area contributed by atoms with Crippen molar-refractivity contribution in [3.63, 3.8) is 0 Å². The number of hydrogen-bond acceptors (Lipinski definition) is 8. The minimum Gasteiger partial charge on any atom is -0.309 e. The third-order valence-electron chi connectivity index (χ3n) is 6.34. The highest BCUT2D eigenvalue weighted by atomic mass is 32.1. The lowest BCUT2D eigenvalue weighted by Gasteiger charge is -2.09. The molecule has 1 aliphatic rings. The number of pyridine rings is 1. The summed E-state index contributed by atoms with van der Waals surface area (Å²) in [7, 11) is 0. The lowest BCUT2D eigenvalue weighted by Crippen LogP contribution is -2.16. The maximum Gasteiger partial charge on any atom is 0.232 e. The van der Waals surface area contributed by atoms with Crippen molar-refractivity contribution in [3.8, 4) is 0 Å². The summed E-state index contributed by atoms with van der Waals surface area (Å²) in [6, 6.07) is 18.8. The highest BCUT2D eigenvalue weighted by Crippen LogP contribution is 2.41. The molecule has 5 rings (SSSR count). The van der Waals surface area contributed by atoms with Gasteiger partial charge in [0, 0.05) is 17.8 Å². The monoisotopic (exact) mass is 513 g/mol. The zero-order valence-electron chi connectivity index (χ0n) is 20.2. The van der Waals surface area contributed by atoms with Crippen LogP contribution in [0.1, 0.15) is 47.1 Å². The van der Waals surface area contributed by atoms with E-state index in [0.29, 0.717) is 34.9 Å². The molecule has 2 atom stereocenters. The summed E-state index contributed by atoms with van der Waals surface area (Å²) in [5.74, 6) is 0.998. The average Bonchev–Trinajstić information content (AvgIpc) is 3.56. The Balaban J connectivity index is 1.08. The maximum absolute atomic E-state index is 12.3. The Hall–Kier alpha value is -4.05. The van der Waals surface area contributed by atoms with Crippen molar-refractivity contribution in [1.82, 2.24) is 25.4 Å². The van der Waals surface area contributed by atoms with E-state index in [1.165, 1.54) is 11.3 Å². The van der Waals surface area contributed by atoms with Crippen LogP contribution >= 0.6 is 11.3 Å². The van der Waals surface area contributed by atoms with Gasteiger partial charge in [-0.05, 0) is 61.4 Å². The summed E-state index contributed by atoms with van der Waals surface area (Å²) < 4.78 is 0. The summed E-state index contributed by atoms with van der Waals surface area (Å²) in [4.78, 5) is 28.7. The van der Waals surface area contributed by atoms with Crippen molar-refractivity contribution in [2.24, 2.45) is 5.92 Å². The van der Waals surface area contributed by atoms with Gasteiger partial charge in [0.15, 0.2) is 5.82 Å². The van der Waals surface area contributed by atoms with E-state index in [0.717, 1.165) is 41.9 Å². The minimum atomic E-state index is -0.149. The first-order chi connectivity index (χ1) is 18.1. The van der Waals surface area contributed by atoms with E-state index in [2.05, 4.69) is 36.0 Å². The smallest absolute Gasteiger partial charge is 0.232 e. The van der Waals surface area contributed by atoms with Crippen LogP contribution in [0.15, 0.2) is 66.9 Å². The van der Waals surface area contributed by atoms with Crippen LogP contribution in [-0.2, 0) is 28.9 Å². The van der Waals surface area contributed by atoms with Gasteiger partial charge in [0.05, 0.1) is 18.5 Å². The molecule has 10 heteroatoms. The van der Waals surface area contributed by atoms with Gasteiger partial charge in [-0.3, -0.25) is 14.6 Å². The van der Waals surface area contributed by atoms with Crippen molar-refractivity contribution in [3.05, 3.63) is 88.8 Å². The van der Waals surface area contributed by atoms with Crippen molar-refractivity contribution in [2.45, 2.75) is 44.4 Å². The molecule has 2 amide bonds. The van der Waals surface area contributed by atoms with E-state index in [1.54, 1.807) is 6.20 Å². The van der Waals surface area contributed by atoms with E-state index in [4.69, 9.17) is 0 Å². The third-order valence-corrected chi connectivity index (χ3v) is 7.34. The average molecular weight is 514 g/mol. The lowest BCUT2D eigenvalue weighted by atomic mass is 10.00. The second-order valence-corrected chi connectivity index (χ2v) is 10.2. The quantitative estimate of drug-likeness (QED) is 0.344. The fourth-order valence-electron chi connectivity index (χ4n) is 4.56. The van der Waals surface area contributed by atoms with Crippen LogP contribution < -0.4 is 10.6 Å². The minimum absolute atomic E-state index is 0.115. The van der Waals surface area contributed by atoms with Gasteiger partial charge in [0.2, 0.25) is 16.9 Å². The predicted molar refractivity (Wildman–Crippen MR) is 141 cm³/mol. The maximum atomic E-state index is 12.3. The Kier molecular flexibility index (Phi) is 7.85. The Morgan fingerprint density at radius 3 is 2.43 bits per heavy atom. The molecule has 0 aliphatic heterocycles. The fraction of sp³-hybridized carbons (Fsp3) is 0.296. The van der Waals surface area contributed by atoms with Crippen molar-refractivity contribution >= 4 is 34.1 Å². The van der Waals surface area contributed by atoms with E-state index in [9.17, 15) is 9.59 Å².